The number of nitrogens with zero attached hydrogens (tertiary/aromatic N) is 9. The number of fused-ring (bicyclic) bond motifs is 3. The fourth-order valence-corrected chi connectivity index (χ4v) is 5.19. The molecule has 5 aromatic rings. The fraction of sp³-hybridized carbons (Fsp3) is 0.333. The number of aryl methyl sites for hydroxylation is 1. The van der Waals surface area contributed by atoms with Gasteiger partial charge in [0.05, 0.1) is 17.3 Å². The summed E-state index contributed by atoms with van der Waals surface area (Å²) in [6, 6.07) is 8.13. The van der Waals surface area contributed by atoms with Crippen LogP contribution in [-0.4, -0.2) is 44.1 Å². The lowest BCUT2D eigenvalue weighted by Gasteiger charge is -2.06. The Morgan fingerprint density at radius 1 is 1.12 bits per heavy atom. The molecule has 1 fully saturated rings. The number of thioether (sulfide) groups is 1. The van der Waals surface area contributed by atoms with E-state index in [0.717, 1.165) is 51.5 Å². The highest BCUT2D eigenvalue weighted by molar-refractivity contribution is 7.98. The largest absolute Gasteiger partial charge is 0.306 e. The molecule has 2 atom stereocenters. The number of rotatable bonds is 6. The van der Waals surface area contributed by atoms with E-state index in [9.17, 15) is 0 Å². The molecule has 4 heterocycles. The van der Waals surface area contributed by atoms with Gasteiger partial charge in [-0.3, -0.25) is 4.68 Å². The summed E-state index contributed by atoms with van der Waals surface area (Å²) in [5.74, 6) is 3.27. The first-order valence-electron chi connectivity index (χ1n) is 10.5. The van der Waals surface area contributed by atoms with Crippen molar-refractivity contribution in [1.82, 2.24) is 44.1 Å². The molecule has 1 saturated carbocycles. The van der Waals surface area contributed by atoms with Crippen LogP contribution in [0.3, 0.4) is 0 Å². The van der Waals surface area contributed by atoms with E-state index in [4.69, 9.17) is 16.6 Å². The number of hydrogen-bond acceptors (Lipinski definition) is 7. The van der Waals surface area contributed by atoms with E-state index >= 15 is 0 Å². The maximum Gasteiger partial charge on any atom is 0.191 e. The van der Waals surface area contributed by atoms with Crippen molar-refractivity contribution >= 4 is 40.0 Å². The predicted molar refractivity (Wildman–Crippen MR) is 122 cm³/mol. The van der Waals surface area contributed by atoms with Crippen LogP contribution in [0.2, 0.25) is 5.02 Å². The average Bonchev–Trinajstić information content (AvgIpc) is 3.12. The minimum Gasteiger partial charge on any atom is -0.306 e. The molecule has 6 rings (SSSR count). The van der Waals surface area contributed by atoms with Crippen LogP contribution in [-0.2, 0) is 19.3 Å². The summed E-state index contributed by atoms with van der Waals surface area (Å²) in [5, 5.41) is 20.4. The molecule has 2 unspecified atom stereocenters. The molecule has 0 radical (unpaired) electrons. The van der Waals surface area contributed by atoms with Crippen LogP contribution in [0, 0.1) is 0 Å². The smallest absolute Gasteiger partial charge is 0.191 e. The molecule has 0 N–H and O–H groups in total. The molecule has 0 amide bonds. The van der Waals surface area contributed by atoms with Gasteiger partial charge in [-0.05, 0) is 37.0 Å². The summed E-state index contributed by atoms with van der Waals surface area (Å²) in [6.07, 6.45) is 4.54. The van der Waals surface area contributed by atoms with Crippen LogP contribution in [0.25, 0.3) is 16.7 Å². The van der Waals surface area contributed by atoms with E-state index in [2.05, 4.69) is 49.0 Å². The minimum absolute atomic E-state index is 0.399. The van der Waals surface area contributed by atoms with Gasteiger partial charge < -0.3 is 4.57 Å². The third-order valence-corrected chi connectivity index (χ3v) is 7.14. The van der Waals surface area contributed by atoms with E-state index < -0.39 is 0 Å². The first-order chi connectivity index (χ1) is 15.6. The first kappa shape index (κ1) is 19.7. The van der Waals surface area contributed by atoms with E-state index in [-0.39, 0.29) is 0 Å². The standard InChI is InChI=1S/C21H20ClN9S/c1-3-30-20(15-8-14(15)12-4-6-13(22)7-5-12)26-27-21(30)32-10-17-25-19-16-9-24-29(2)18(16)23-11-31(19)28-17/h4-7,9,11,14-15H,3,8,10H2,1-2H3. The van der Waals surface area contributed by atoms with Gasteiger partial charge in [0.1, 0.15) is 12.2 Å². The van der Waals surface area contributed by atoms with Crippen LogP contribution < -0.4 is 0 Å². The Bertz CT molecular complexity index is 1440. The molecule has 0 saturated heterocycles. The highest BCUT2D eigenvalue weighted by Crippen LogP contribution is 2.54. The van der Waals surface area contributed by atoms with Crippen LogP contribution in [0.5, 0.6) is 0 Å². The Hall–Kier alpha value is -2.98. The Labute approximate surface area is 192 Å². The van der Waals surface area contributed by atoms with Gasteiger partial charge in [0, 0.05) is 24.5 Å². The van der Waals surface area contributed by atoms with E-state index in [1.165, 1.54) is 5.56 Å². The number of aromatic nitrogens is 9. The van der Waals surface area contributed by atoms with E-state index in [1.54, 1.807) is 33.5 Å². The maximum atomic E-state index is 6.03. The Balaban J connectivity index is 1.21. The molecule has 32 heavy (non-hydrogen) atoms. The van der Waals surface area contributed by atoms with Gasteiger partial charge in [0.25, 0.3) is 0 Å². The van der Waals surface area contributed by atoms with Crippen molar-refractivity contribution in [1.29, 1.82) is 0 Å². The van der Waals surface area contributed by atoms with Crippen molar-refractivity contribution in [2.24, 2.45) is 7.05 Å². The van der Waals surface area contributed by atoms with Crippen molar-refractivity contribution in [3.05, 3.63) is 59.0 Å². The summed E-state index contributed by atoms with van der Waals surface area (Å²) < 4.78 is 5.65. The van der Waals surface area contributed by atoms with Gasteiger partial charge in [-0.15, -0.1) is 15.3 Å². The summed E-state index contributed by atoms with van der Waals surface area (Å²) >= 11 is 7.64. The van der Waals surface area contributed by atoms with Gasteiger partial charge in [0.15, 0.2) is 22.3 Å². The monoisotopic (exact) mass is 465 g/mol. The SMILES string of the molecule is CCn1c(SCc2nc3c4cnn(C)c4ncn3n2)nnc1C1CC1c1ccc(Cl)cc1. The lowest BCUT2D eigenvalue weighted by molar-refractivity contribution is 0.640. The van der Waals surface area contributed by atoms with Crippen LogP contribution >= 0.6 is 23.4 Å². The molecule has 9 nitrogen and oxygen atoms in total. The molecular weight excluding hydrogens is 446 g/mol. The molecule has 1 aromatic carbocycles. The van der Waals surface area contributed by atoms with Crippen molar-refractivity contribution in [2.45, 2.75) is 42.6 Å². The van der Waals surface area contributed by atoms with Gasteiger partial charge in [-0.1, -0.05) is 35.5 Å². The Morgan fingerprint density at radius 2 is 1.97 bits per heavy atom. The minimum atomic E-state index is 0.399. The highest BCUT2D eigenvalue weighted by atomic mass is 35.5. The average molecular weight is 466 g/mol. The van der Waals surface area contributed by atoms with Gasteiger partial charge >= 0.3 is 0 Å². The number of benzene rings is 1. The fourth-order valence-electron chi connectivity index (χ4n) is 4.21. The molecule has 1 aliphatic carbocycles. The zero-order valence-electron chi connectivity index (χ0n) is 17.6. The summed E-state index contributed by atoms with van der Waals surface area (Å²) in [6.45, 7) is 2.96. The predicted octanol–water partition coefficient (Wildman–Crippen LogP) is 3.84. The zero-order chi connectivity index (χ0) is 21.8. The van der Waals surface area contributed by atoms with Crippen molar-refractivity contribution in [2.75, 3.05) is 0 Å². The molecule has 0 spiro atoms. The molecule has 162 valence electrons. The normalized spacial score (nSPS) is 18.1. The lowest BCUT2D eigenvalue weighted by Crippen LogP contribution is -2.03. The third kappa shape index (κ3) is 3.25. The zero-order valence-corrected chi connectivity index (χ0v) is 19.1. The molecular formula is C21H20ClN9S. The quantitative estimate of drug-likeness (QED) is 0.352. The Kier molecular flexibility index (Phi) is 4.65. The number of hydrogen-bond donors (Lipinski definition) is 0. The summed E-state index contributed by atoms with van der Waals surface area (Å²) in [7, 11) is 1.87. The van der Waals surface area contributed by atoms with E-state index in [0.29, 0.717) is 17.6 Å². The molecule has 11 heteroatoms. The van der Waals surface area contributed by atoms with Crippen LogP contribution in [0.1, 0.15) is 42.4 Å². The number of halogens is 1. The van der Waals surface area contributed by atoms with Gasteiger partial charge in [-0.25, -0.2) is 14.5 Å². The van der Waals surface area contributed by atoms with Crippen molar-refractivity contribution in [3.8, 4) is 0 Å². The Morgan fingerprint density at radius 3 is 2.78 bits per heavy atom. The lowest BCUT2D eigenvalue weighted by atomic mass is 10.1. The molecule has 1 aliphatic rings. The molecule has 4 aromatic heterocycles. The highest BCUT2D eigenvalue weighted by Gasteiger charge is 2.43. The molecule has 0 aliphatic heterocycles. The van der Waals surface area contributed by atoms with E-state index in [1.807, 2.05) is 19.2 Å². The second-order valence-electron chi connectivity index (χ2n) is 7.92. The second kappa shape index (κ2) is 7.56. The van der Waals surface area contributed by atoms with Crippen molar-refractivity contribution in [3.63, 3.8) is 0 Å². The van der Waals surface area contributed by atoms with Crippen LogP contribution in [0.4, 0.5) is 0 Å². The first-order valence-corrected chi connectivity index (χ1v) is 11.8. The topological polar surface area (TPSA) is 91.6 Å². The van der Waals surface area contributed by atoms with Crippen LogP contribution in [0.15, 0.2) is 41.9 Å². The van der Waals surface area contributed by atoms with Crippen molar-refractivity contribution < 1.29 is 0 Å². The second-order valence-corrected chi connectivity index (χ2v) is 9.30. The maximum absolute atomic E-state index is 6.03. The summed E-state index contributed by atoms with van der Waals surface area (Å²) in [4.78, 5) is 9.12. The van der Waals surface area contributed by atoms with Gasteiger partial charge in [-0.2, -0.15) is 5.10 Å². The van der Waals surface area contributed by atoms with Gasteiger partial charge in [0.2, 0.25) is 0 Å². The third-order valence-electron chi connectivity index (χ3n) is 5.93. The summed E-state index contributed by atoms with van der Waals surface area (Å²) in [5.41, 5.74) is 2.86. The molecule has 0 bridgehead atoms.